The highest BCUT2D eigenvalue weighted by Crippen LogP contribution is 2.48. The van der Waals surface area contributed by atoms with Crippen molar-refractivity contribution in [3.63, 3.8) is 0 Å². The molecule has 2 aliphatic rings. The van der Waals surface area contributed by atoms with Crippen LogP contribution in [0.3, 0.4) is 0 Å². The predicted molar refractivity (Wildman–Crippen MR) is 125 cm³/mol. The molecule has 2 saturated heterocycles. The lowest BCUT2D eigenvalue weighted by molar-refractivity contribution is -0.126. The van der Waals surface area contributed by atoms with Crippen LogP contribution in [0.25, 0.3) is 0 Å². The van der Waals surface area contributed by atoms with Crippen LogP contribution >= 0.6 is 11.6 Å². The van der Waals surface area contributed by atoms with Gasteiger partial charge in [-0.2, -0.15) is 0 Å². The number of nitrogens with zero attached hydrogens (tertiary/aromatic N) is 3. The molecule has 0 spiro atoms. The van der Waals surface area contributed by atoms with Crippen molar-refractivity contribution in [1.82, 2.24) is 0 Å². The van der Waals surface area contributed by atoms with Gasteiger partial charge in [0.25, 0.3) is 5.91 Å². The van der Waals surface area contributed by atoms with Crippen LogP contribution in [0, 0.1) is 5.92 Å². The number of fused-ring (bicyclic) bond motifs is 1. The van der Waals surface area contributed by atoms with Crippen molar-refractivity contribution in [2.24, 2.45) is 5.92 Å². The maximum atomic E-state index is 13.6. The van der Waals surface area contributed by atoms with Crippen LogP contribution in [-0.4, -0.2) is 32.0 Å². The van der Waals surface area contributed by atoms with Crippen LogP contribution in [0.1, 0.15) is 11.6 Å². The van der Waals surface area contributed by atoms with E-state index in [0.29, 0.717) is 10.7 Å². The number of amides is 2. The molecule has 0 saturated carbocycles. The average molecular weight is 448 g/mol. The molecule has 0 bridgehead atoms. The van der Waals surface area contributed by atoms with Gasteiger partial charge in [-0.05, 0) is 42.0 Å². The molecule has 2 fully saturated rings. The van der Waals surface area contributed by atoms with E-state index in [1.54, 1.807) is 29.3 Å². The van der Waals surface area contributed by atoms with E-state index in [4.69, 9.17) is 16.4 Å². The maximum absolute atomic E-state index is 13.6. The van der Waals surface area contributed by atoms with Gasteiger partial charge in [0.05, 0.1) is 22.4 Å². The van der Waals surface area contributed by atoms with Crippen molar-refractivity contribution in [1.29, 1.82) is 0 Å². The van der Waals surface area contributed by atoms with Gasteiger partial charge >= 0.3 is 0 Å². The number of hydrogen-bond acceptors (Lipinski definition) is 5. The van der Waals surface area contributed by atoms with Gasteiger partial charge in [-0.25, -0.2) is 9.96 Å². The van der Waals surface area contributed by atoms with Crippen molar-refractivity contribution in [3.8, 4) is 0 Å². The lowest BCUT2D eigenvalue weighted by atomic mass is 9.90. The fourth-order valence-electron chi connectivity index (χ4n) is 4.39. The summed E-state index contributed by atoms with van der Waals surface area (Å²) in [7, 11) is 3.95. The number of carbonyl (C=O) groups is 2. The van der Waals surface area contributed by atoms with Gasteiger partial charge in [-0.1, -0.05) is 54.1 Å². The second kappa shape index (κ2) is 7.97. The highest BCUT2D eigenvalue weighted by Gasteiger charge is 2.60. The maximum Gasteiger partial charge on any atom is 0.266 e. The molecule has 2 heterocycles. The number of para-hydroxylation sites is 2. The van der Waals surface area contributed by atoms with Gasteiger partial charge < -0.3 is 4.90 Å². The Hall–Kier alpha value is -3.35. The predicted octanol–water partition coefficient (Wildman–Crippen LogP) is 4.46. The zero-order valence-electron chi connectivity index (χ0n) is 17.7. The summed E-state index contributed by atoms with van der Waals surface area (Å²) in [5.74, 6) is -1.40. The lowest BCUT2D eigenvalue weighted by Gasteiger charge is -2.29. The van der Waals surface area contributed by atoms with Crippen molar-refractivity contribution in [3.05, 3.63) is 89.4 Å². The fourth-order valence-corrected chi connectivity index (χ4v) is 4.61. The molecule has 0 aromatic heterocycles. The van der Waals surface area contributed by atoms with E-state index in [1.807, 2.05) is 73.6 Å². The van der Waals surface area contributed by atoms with Crippen LogP contribution in [0.4, 0.5) is 17.1 Å². The fraction of sp³-hybridized carbons (Fsp3) is 0.200. The number of halogens is 1. The number of hydrogen-bond donors (Lipinski definition) is 0. The van der Waals surface area contributed by atoms with Crippen LogP contribution in [0.2, 0.25) is 5.02 Å². The molecule has 0 N–H and O–H groups in total. The first-order valence-electron chi connectivity index (χ1n) is 10.4. The number of hydroxylamine groups is 1. The first kappa shape index (κ1) is 20.5. The summed E-state index contributed by atoms with van der Waals surface area (Å²) in [6, 6.07) is 23.9. The van der Waals surface area contributed by atoms with Gasteiger partial charge in [-0.15, -0.1) is 0 Å². The summed E-state index contributed by atoms with van der Waals surface area (Å²) in [5, 5.41) is 2.04. The van der Waals surface area contributed by atoms with E-state index in [0.717, 1.165) is 16.9 Å². The third-order valence-electron chi connectivity index (χ3n) is 5.97. The SMILES string of the molecule is CN(C)c1ccc([C@@H]2[C@H]3C(=O)N(c4ccccc4Cl)C(=O)[C@@H]3ON2c2ccccc2)cc1. The summed E-state index contributed by atoms with van der Waals surface area (Å²) < 4.78 is 0. The molecule has 162 valence electrons. The van der Waals surface area contributed by atoms with Crippen LogP contribution in [-0.2, 0) is 14.4 Å². The van der Waals surface area contributed by atoms with E-state index < -0.39 is 24.0 Å². The van der Waals surface area contributed by atoms with Crippen molar-refractivity contribution in [2.75, 3.05) is 29.0 Å². The molecule has 6 nitrogen and oxygen atoms in total. The van der Waals surface area contributed by atoms with Crippen LogP contribution in [0.5, 0.6) is 0 Å². The van der Waals surface area contributed by atoms with E-state index in [9.17, 15) is 9.59 Å². The van der Waals surface area contributed by atoms with E-state index in [1.165, 1.54) is 4.90 Å². The van der Waals surface area contributed by atoms with Gasteiger partial charge in [-0.3, -0.25) is 14.4 Å². The zero-order chi connectivity index (χ0) is 22.4. The Morgan fingerprint density at radius 2 is 1.50 bits per heavy atom. The van der Waals surface area contributed by atoms with Gasteiger partial charge in [0.2, 0.25) is 5.91 Å². The summed E-state index contributed by atoms with van der Waals surface area (Å²) >= 11 is 6.31. The lowest BCUT2D eigenvalue weighted by Crippen LogP contribution is -2.37. The summed E-state index contributed by atoms with van der Waals surface area (Å²) in [6.45, 7) is 0. The molecular formula is C25H22ClN3O3. The van der Waals surface area contributed by atoms with Crippen LogP contribution in [0.15, 0.2) is 78.9 Å². The minimum Gasteiger partial charge on any atom is -0.378 e. The second-order valence-corrected chi connectivity index (χ2v) is 8.51. The Labute approximate surface area is 191 Å². The molecule has 32 heavy (non-hydrogen) atoms. The minimum absolute atomic E-state index is 0.312. The average Bonchev–Trinajstić information content (AvgIpc) is 3.31. The highest BCUT2D eigenvalue weighted by atomic mass is 35.5. The summed E-state index contributed by atoms with van der Waals surface area (Å²) in [5.41, 5.74) is 3.11. The molecule has 3 aromatic carbocycles. The van der Waals surface area contributed by atoms with Crippen molar-refractivity contribution in [2.45, 2.75) is 12.1 Å². The Bertz CT molecular complexity index is 1170. The molecule has 0 aliphatic carbocycles. The first-order chi connectivity index (χ1) is 15.5. The minimum atomic E-state index is -0.919. The number of carbonyl (C=O) groups excluding carboxylic acids is 2. The zero-order valence-corrected chi connectivity index (χ0v) is 18.4. The normalized spacial score (nSPS) is 22.4. The van der Waals surface area contributed by atoms with E-state index >= 15 is 0 Å². The van der Waals surface area contributed by atoms with E-state index in [2.05, 4.69) is 0 Å². The molecule has 0 radical (unpaired) electrons. The number of benzene rings is 3. The Morgan fingerprint density at radius 3 is 2.16 bits per heavy atom. The third-order valence-corrected chi connectivity index (χ3v) is 6.29. The standard InChI is InChI=1S/C25H22ClN3O3/c1-27(2)17-14-12-16(13-15-17)22-21-23(32-29(22)18-8-4-3-5-9-18)25(31)28(24(21)30)20-11-7-6-10-19(20)26/h3-15,21-23H,1-2H3/t21-,22-,23-/m1/s1. The topological polar surface area (TPSA) is 53.1 Å². The van der Waals surface area contributed by atoms with Gasteiger partial charge in [0, 0.05) is 19.8 Å². The Kier molecular flexibility index (Phi) is 5.12. The quantitative estimate of drug-likeness (QED) is 0.553. The third kappa shape index (κ3) is 3.23. The summed E-state index contributed by atoms with van der Waals surface area (Å²) in [4.78, 5) is 36.3. The molecule has 7 heteroatoms. The van der Waals surface area contributed by atoms with Gasteiger partial charge in [0.15, 0.2) is 6.10 Å². The number of anilines is 3. The molecule has 2 amide bonds. The molecule has 3 aromatic rings. The van der Waals surface area contributed by atoms with Crippen LogP contribution < -0.4 is 14.9 Å². The Balaban J connectivity index is 1.58. The number of rotatable bonds is 4. The molecule has 5 rings (SSSR count). The second-order valence-electron chi connectivity index (χ2n) is 8.11. The molecule has 3 atom stereocenters. The first-order valence-corrected chi connectivity index (χ1v) is 10.8. The van der Waals surface area contributed by atoms with Crippen molar-refractivity contribution >= 4 is 40.5 Å². The largest absolute Gasteiger partial charge is 0.378 e. The smallest absolute Gasteiger partial charge is 0.266 e. The number of imide groups is 1. The Morgan fingerprint density at radius 1 is 0.844 bits per heavy atom. The van der Waals surface area contributed by atoms with Crippen molar-refractivity contribution < 1.29 is 14.4 Å². The molecular weight excluding hydrogens is 426 g/mol. The van der Waals surface area contributed by atoms with Gasteiger partial charge in [0.1, 0.15) is 5.92 Å². The van der Waals surface area contributed by atoms with E-state index in [-0.39, 0.29) is 5.91 Å². The molecule has 0 unspecified atom stereocenters. The molecule has 2 aliphatic heterocycles. The monoisotopic (exact) mass is 447 g/mol. The highest BCUT2D eigenvalue weighted by molar-refractivity contribution is 6.36. The summed E-state index contributed by atoms with van der Waals surface area (Å²) in [6.07, 6.45) is -0.919.